The van der Waals surface area contributed by atoms with Crippen LogP contribution in [0.5, 0.6) is 0 Å². The van der Waals surface area contributed by atoms with Gasteiger partial charge in [0.15, 0.2) is 0 Å². The van der Waals surface area contributed by atoms with E-state index >= 15 is 0 Å². The molecule has 1 fully saturated rings. The highest BCUT2D eigenvalue weighted by atomic mass is 19.1. The predicted molar refractivity (Wildman–Crippen MR) is 81.9 cm³/mol. The summed E-state index contributed by atoms with van der Waals surface area (Å²) in [6.07, 6.45) is 0.627. The van der Waals surface area contributed by atoms with Crippen molar-refractivity contribution in [2.75, 3.05) is 10.2 Å². The molecule has 0 spiro atoms. The van der Waals surface area contributed by atoms with Crippen LogP contribution in [0.4, 0.5) is 20.2 Å². The van der Waals surface area contributed by atoms with Gasteiger partial charge < -0.3 is 5.32 Å². The zero-order chi connectivity index (χ0) is 16.4. The van der Waals surface area contributed by atoms with Crippen molar-refractivity contribution in [3.05, 3.63) is 60.2 Å². The monoisotopic (exact) mass is 316 g/mol. The summed E-state index contributed by atoms with van der Waals surface area (Å²) in [6.45, 7) is 0. The molecule has 2 aromatic rings. The number of rotatable bonds is 3. The minimum Gasteiger partial charge on any atom is -0.324 e. The number of anilines is 2. The molecule has 1 heterocycles. The first-order chi connectivity index (χ1) is 11.0. The Labute approximate surface area is 131 Å². The van der Waals surface area contributed by atoms with E-state index in [9.17, 15) is 18.4 Å². The molecule has 1 aliphatic rings. The van der Waals surface area contributed by atoms with Crippen molar-refractivity contribution < 1.29 is 18.4 Å². The van der Waals surface area contributed by atoms with Crippen molar-refractivity contribution in [3.8, 4) is 0 Å². The van der Waals surface area contributed by atoms with Crippen LogP contribution >= 0.6 is 0 Å². The van der Waals surface area contributed by atoms with Crippen molar-refractivity contribution in [3.63, 3.8) is 0 Å². The Hall–Kier alpha value is -2.76. The van der Waals surface area contributed by atoms with Gasteiger partial charge in [0.2, 0.25) is 11.8 Å². The van der Waals surface area contributed by atoms with Gasteiger partial charge in [-0.05, 0) is 55.0 Å². The third-order valence-electron chi connectivity index (χ3n) is 3.73. The highest BCUT2D eigenvalue weighted by Gasteiger charge is 2.37. The van der Waals surface area contributed by atoms with Gasteiger partial charge in [-0.15, -0.1) is 0 Å². The minimum atomic E-state index is -0.669. The molecule has 1 N–H and O–H groups in total. The first-order valence-corrected chi connectivity index (χ1v) is 7.18. The lowest BCUT2D eigenvalue weighted by molar-refractivity contribution is -0.120. The first-order valence-electron chi connectivity index (χ1n) is 7.18. The zero-order valence-electron chi connectivity index (χ0n) is 12.1. The topological polar surface area (TPSA) is 49.4 Å². The third-order valence-corrected chi connectivity index (χ3v) is 3.73. The summed E-state index contributed by atoms with van der Waals surface area (Å²) in [6, 6.07) is 10.1. The van der Waals surface area contributed by atoms with Gasteiger partial charge in [-0.1, -0.05) is 0 Å². The van der Waals surface area contributed by atoms with E-state index in [1.54, 1.807) is 0 Å². The van der Waals surface area contributed by atoms with Crippen molar-refractivity contribution in [2.24, 2.45) is 0 Å². The lowest BCUT2D eigenvalue weighted by Gasteiger charge is -2.24. The Morgan fingerprint density at radius 3 is 2.17 bits per heavy atom. The highest BCUT2D eigenvalue weighted by Crippen LogP contribution is 2.27. The fourth-order valence-corrected chi connectivity index (χ4v) is 2.62. The van der Waals surface area contributed by atoms with Crippen LogP contribution in [0.2, 0.25) is 0 Å². The second-order valence-electron chi connectivity index (χ2n) is 5.29. The van der Waals surface area contributed by atoms with Crippen LogP contribution in [0, 0.1) is 11.6 Å². The average Bonchev–Trinajstić information content (AvgIpc) is 2.92. The fourth-order valence-electron chi connectivity index (χ4n) is 2.62. The van der Waals surface area contributed by atoms with Crippen LogP contribution in [0.25, 0.3) is 0 Å². The summed E-state index contributed by atoms with van der Waals surface area (Å²) in [4.78, 5) is 25.9. The minimum absolute atomic E-state index is 0.184. The number of halogens is 2. The van der Waals surface area contributed by atoms with Gasteiger partial charge in [0.25, 0.3) is 0 Å². The maximum Gasteiger partial charge on any atom is 0.247 e. The van der Waals surface area contributed by atoms with E-state index in [2.05, 4.69) is 5.32 Å². The number of hydrogen-bond donors (Lipinski definition) is 1. The molecule has 1 aliphatic heterocycles. The van der Waals surface area contributed by atoms with Crippen LogP contribution in [-0.2, 0) is 9.59 Å². The zero-order valence-corrected chi connectivity index (χ0v) is 12.1. The summed E-state index contributed by atoms with van der Waals surface area (Å²) in [7, 11) is 0. The van der Waals surface area contributed by atoms with Gasteiger partial charge in [0, 0.05) is 17.8 Å². The van der Waals surface area contributed by atoms with Crippen molar-refractivity contribution in [1.29, 1.82) is 0 Å². The number of carbonyl (C=O) groups excluding carboxylic acids is 2. The van der Waals surface area contributed by atoms with E-state index in [0.717, 1.165) is 0 Å². The summed E-state index contributed by atoms with van der Waals surface area (Å²) < 4.78 is 25.9. The fraction of sp³-hybridized carbons (Fsp3) is 0.176. The summed E-state index contributed by atoms with van der Waals surface area (Å²) >= 11 is 0. The van der Waals surface area contributed by atoms with E-state index in [4.69, 9.17) is 0 Å². The molecule has 118 valence electrons. The Morgan fingerprint density at radius 1 is 1.00 bits per heavy atom. The molecule has 2 amide bonds. The van der Waals surface area contributed by atoms with Crippen molar-refractivity contribution >= 4 is 23.2 Å². The van der Waals surface area contributed by atoms with E-state index in [1.165, 1.54) is 53.4 Å². The summed E-state index contributed by atoms with van der Waals surface area (Å²) in [5.74, 6) is -1.35. The predicted octanol–water partition coefficient (Wildman–Crippen LogP) is 3.10. The molecule has 0 bridgehead atoms. The largest absolute Gasteiger partial charge is 0.324 e. The molecular formula is C17H14F2N2O2. The number of hydrogen-bond acceptors (Lipinski definition) is 2. The van der Waals surface area contributed by atoms with E-state index in [-0.39, 0.29) is 18.2 Å². The van der Waals surface area contributed by atoms with Gasteiger partial charge >= 0.3 is 0 Å². The maximum absolute atomic E-state index is 13.0. The molecule has 0 aliphatic carbocycles. The number of nitrogens with one attached hydrogen (secondary N) is 1. The van der Waals surface area contributed by atoms with Crippen LogP contribution in [0.3, 0.4) is 0 Å². The van der Waals surface area contributed by atoms with Gasteiger partial charge in [-0.3, -0.25) is 14.5 Å². The summed E-state index contributed by atoms with van der Waals surface area (Å²) in [5, 5.41) is 2.67. The van der Waals surface area contributed by atoms with E-state index in [0.29, 0.717) is 17.8 Å². The Morgan fingerprint density at radius 2 is 1.57 bits per heavy atom. The van der Waals surface area contributed by atoms with Crippen LogP contribution in [-0.4, -0.2) is 17.9 Å². The quantitative estimate of drug-likeness (QED) is 0.946. The average molecular weight is 316 g/mol. The standard InChI is InChI=1S/C17H14F2N2O2/c18-11-1-5-13(6-2-11)20-17(23)15-9-10-16(22)21(15)14-7-3-12(19)4-8-14/h1-8,15H,9-10H2,(H,20,23). The molecule has 23 heavy (non-hydrogen) atoms. The normalized spacial score (nSPS) is 17.4. The maximum atomic E-state index is 13.0. The SMILES string of the molecule is O=C(Nc1ccc(F)cc1)C1CCC(=O)N1c1ccc(F)cc1. The van der Waals surface area contributed by atoms with Crippen LogP contribution < -0.4 is 10.2 Å². The molecule has 1 saturated heterocycles. The molecule has 6 heteroatoms. The highest BCUT2D eigenvalue weighted by molar-refractivity contribution is 6.07. The third kappa shape index (κ3) is 3.21. The molecule has 1 unspecified atom stereocenters. The second kappa shape index (κ2) is 6.16. The Bertz CT molecular complexity index is 729. The Kier molecular flexibility index (Phi) is 4.06. The molecular weight excluding hydrogens is 302 g/mol. The van der Waals surface area contributed by atoms with E-state index < -0.39 is 17.7 Å². The van der Waals surface area contributed by atoms with E-state index in [1.807, 2.05) is 0 Å². The Balaban J connectivity index is 1.79. The van der Waals surface area contributed by atoms with Gasteiger partial charge in [-0.25, -0.2) is 8.78 Å². The van der Waals surface area contributed by atoms with Crippen LogP contribution in [0.1, 0.15) is 12.8 Å². The molecule has 1 atom stereocenters. The molecule has 0 saturated carbocycles. The van der Waals surface area contributed by atoms with Crippen molar-refractivity contribution in [1.82, 2.24) is 0 Å². The van der Waals surface area contributed by atoms with Crippen LogP contribution in [0.15, 0.2) is 48.5 Å². The molecule has 0 radical (unpaired) electrons. The molecule has 3 rings (SSSR count). The van der Waals surface area contributed by atoms with Gasteiger partial charge in [-0.2, -0.15) is 0 Å². The number of benzene rings is 2. The molecule has 4 nitrogen and oxygen atoms in total. The van der Waals surface area contributed by atoms with Crippen molar-refractivity contribution in [2.45, 2.75) is 18.9 Å². The molecule has 2 aromatic carbocycles. The molecule has 0 aromatic heterocycles. The number of carbonyl (C=O) groups is 2. The smallest absolute Gasteiger partial charge is 0.247 e. The lowest BCUT2D eigenvalue weighted by atomic mass is 10.2. The lowest BCUT2D eigenvalue weighted by Crippen LogP contribution is -2.41. The number of amides is 2. The first kappa shape index (κ1) is 15.1. The second-order valence-corrected chi connectivity index (χ2v) is 5.29. The van der Waals surface area contributed by atoms with Gasteiger partial charge in [0.05, 0.1) is 0 Å². The van der Waals surface area contributed by atoms with Gasteiger partial charge in [0.1, 0.15) is 17.7 Å². The summed E-state index contributed by atoms with van der Waals surface area (Å²) in [5.41, 5.74) is 0.933. The number of nitrogens with zero attached hydrogens (tertiary/aromatic N) is 1.